The number of carboxylic acid groups (broad SMARTS) is 1. The van der Waals surface area contributed by atoms with E-state index in [0.717, 1.165) is 32.5 Å². The van der Waals surface area contributed by atoms with Crippen LogP contribution in [-0.2, 0) is 9.53 Å². The number of rotatable bonds is 5. The van der Waals surface area contributed by atoms with Gasteiger partial charge in [-0.15, -0.1) is 0 Å². The molecule has 1 heterocycles. The Hall–Kier alpha value is -1.88. The molecule has 0 radical (unpaired) electrons. The first-order valence-corrected chi connectivity index (χ1v) is 6.86. The molecule has 0 aromatic heterocycles. The van der Waals surface area contributed by atoms with E-state index in [-0.39, 0.29) is 11.5 Å². The molecule has 1 aliphatic heterocycles. The number of aromatic carboxylic acids is 1. The van der Waals surface area contributed by atoms with Gasteiger partial charge in [-0.25, -0.2) is 4.79 Å². The number of carbonyl (C=O) groups is 2. The van der Waals surface area contributed by atoms with Crippen LogP contribution in [0.2, 0.25) is 0 Å². The summed E-state index contributed by atoms with van der Waals surface area (Å²) in [5.74, 6) is -0.512. The van der Waals surface area contributed by atoms with E-state index in [0.29, 0.717) is 18.0 Å². The zero-order valence-corrected chi connectivity index (χ0v) is 11.3. The van der Waals surface area contributed by atoms with E-state index in [2.05, 4.69) is 5.32 Å². The summed E-state index contributed by atoms with van der Waals surface area (Å²) in [6.45, 7) is 1.57. The second kappa shape index (κ2) is 7.05. The minimum Gasteiger partial charge on any atom is -0.478 e. The van der Waals surface area contributed by atoms with Crippen molar-refractivity contribution in [1.29, 1.82) is 0 Å². The Balaban J connectivity index is 1.81. The van der Waals surface area contributed by atoms with Crippen LogP contribution in [-0.4, -0.2) is 30.2 Å². The molecule has 1 fully saturated rings. The summed E-state index contributed by atoms with van der Waals surface area (Å²) in [5.41, 5.74) is 0.703. The lowest BCUT2D eigenvalue weighted by Crippen LogP contribution is -2.18. The smallest absolute Gasteiger partial charge is 0.335 e. The normalized spacial score (nSPS) is 15.8. The molecular formula is C15H19NO4. The Kier molecular flexibility index (Phi) is 5.12. The van der Waals surface area contributed by atoms with Crippen LogP contribution >= 0.6 is 0 Å². The van der Waals surface area contributed by atoms with Crippen LogP contribution in [0.5, 0.6) is 0 Å². The van der Waals surface area contributed by atoms with E-state index in [1.807, 2.05) is 0 Å². The molecule has 20 heavy (non-hydrogen) atoms. The fourth-order valence-electron chi connectivity index (χ4n) is 2.32. The van der Waals surface area contributed by atoms with Gasteiger partial charge in [-0.1, -0.05) is 6.07 Å². The summed E-state index contributed by atoms with van der Waals surface area (Å²) < 4.78 is 5.28. The number of anilines is 1. The van der Waals surface area contributed by atoms with Crippen LogP contribution in [0.1, 0.15) is 36.0 Å². The van der Waals surface area contributed by atoms with Crippen molar-refractivity contribution in [1.82, 2.24) is 0 Å². The molecule has 0 atom stereocenters. The minimum atomic E-state index is -0.997. The second-order valence-corrected chi connectivity index (χ2v) is 5.03. The number of amides is 1. The summed E-state index contributed by atoms with van der Waals surface area (Å²) in [7, 11) is 0. The first-order chi connectivity index (χ1) is 9.65. The van der Waals surface area contributed by atoms with Gasteiger partial charge in [0.25, 0.3) is 0 Å². The summed E-state index contributed by atoms with van der Waals surface area (Å²) in [4.78, 5) is 22.7. The number of benzene rings is 1. The van der Waals surface area contributed by atoms with Crippen LogP contribution < -0.4 is 5.32 Å². The summed E-state index contributed by atoms with van der Waals surface area (Å²) in [5, 5.41) is 11.6. The zero-order valence-electron chi connectivity index (χ0n) is 11.3. The number of carboxylic acids is 1. The summed E-state index contributed by atoms with van der Waals surface area (Å²) in [6, 6.07) is 6.28. The lowest BCUT2D eigenvalue weighted by Gasteiger charge is -2.21. The molecule has 2 rings (SSSR count). The number of ether oxygens (including phenoxy) is 1. The number of carbonyl (C=O) groups excluding carboxylic acids is 1. The molecule has 1 aliphatic rings. The van der Waals surface area contributed by atoms with Crippen LogP contribution in [0.15, 0.2) is 24.3 Å². The number of nitrogens with one attached hydrogen (secondary N) is 1. The van der Waals surface area contributed by atoms with Gasteiger partial charge >= 0.3 is 5.97 Å². The van der Waals surface area contributed by atoms with Crippen molar-refractivity contribution in [3.05, 3.63) is 29.8 Å². The molecule has 2 N–H and O–H groups in total. The molecule has 1 saturated heterocycles. The first kappa shape index (κ1) is 14.5. The van der Waals surface area contributed by atoms with Gasteiger partial charge in [-0.05, 0) is 43.4 Å². The average molecular weight is 277 g/mol. The highest BCUT2D eigenvalue weighted by atomic mass is 16.5. The van der Waals surface area contributed by atoms with Crippen molar-refractivity contribution in [2.45, 2.75) is 25.7 Å². The third-order valence-electron chi connectivity index (χ3n) is 3.51. The second-order valence-electron chi connectivity index (χ2n) is 5.03. The Morgan fingerprint density at radius 2 is 2.05 bits per heavy atom. The lowest BCUT2D eigenvalue weighted by molar-refractivity contribution is -0.116. The first-order valence-electron chi connectivity index (χ1n) is 6.86. The van der Waals surface area contributed by atoms with Crippen molar-refractivity contribution in [2.24, 2.45) is 5.92 Å². The Morgan fingerprint density at radius 1 is 1.30 bits per heavy atom. The van der Waals surface area contributed by atoms with Gasteiger partial charge < -0.3 is 15.2 Å². The fourth-order valence-corrected chi connectivity index (χ4v) is 2.32. The molecule has 0 bridgehead atoms. The van der Waals surface area contributed by atoms with Gasteiger partial charge in [0, 0.05) is 25.3 Å². The molecule has 1 amide bonds. The molecule has 0 aliphatic carbocycles. The molecule has 1 aromatic carbocycles. The number of hydrogen-bond donors (Lipinski definition) is 2. The molecule has 108 valence electrons. The van der Waals surface area contributed by atoms with Crippen LogP contribution in [0, 0.1) is 5.92 Å². The molecule has 5 heteroatoms. The van der Waals surface area contributed by atoms with Gasteiger partial charge in [0.1, 0.15) is 0 Å². The number of hydrogen-bond acceptors (Lipinski definition) is 3. The Morgan fingerprint density at radius 3 is 2.75 bits per heavy atom. The van der Waals surface area contributed by atoms with E-state index in [4.69, 9.17) is 9.84 Å². The van der Waals surface area contributed by atoms with Crippen molar-refractivity contribution in [2.75, 3.05) is 18.5 Å². The maximum atomic E-state index is 11.8. The van der Waals surface area contributed by atoms with Crippen LogP contribution in [0.4, 0.5) is 5.69 Å². The van der Waals surface area contributed by atoms with Crippen LogP contribution in [0.3, 0.4) is 0 Å². The van der Waals surface area contributed by atoms with Crippen molar-refractivity contribution in [3.63, 3.8) is 0 Å². The van der Waals surface area contributed by atoms with E-state index in [1.165, 1.54) is 12.1 Å². The third-order valence-corrected chi connectivity index (χ3v) is 3.51. The summed E-state index contributed by atoms with van der Waals surface area (Å²) >= 11 is 0. The highest BCUT2D eigenvalue weighted by molar-refractivity contribution is 5.93. The third kappa shape index (κ3) is 4.35. The maximum Gasteiger partial charge on any atom is 0.335 e. The largest absolute Gasteiger partial charge is 0.478 e. The molecule has 1 aromatic rings. The highest BCUT2D eigenvalue weighted by Crippen LogP contribution is 2.20. The molecule has 0 spiro atoms. The summed E-state index contributed by atoms with van der Waals surface area (Å²) in [6.07, 6.45) is 3.35. The molecular weight excluding hydrogens is 258 g/mol. The Bertz CT molecular complexity index is 481. The van der Waals surface area contributed by atoms with E-state index in [9.17, 15) is 9.59 Å². The van der Waals surface area contributed by atoms with E-state index >= 15 is 0 Å². The van der Waals surface area contributed by atoms with Gasteiger partial charge in [-0.2, -0.15) is 0 Å². The zero-order chi connectivity index (χ0) is 14.4. The van der Waals surface area contributed by atoms with Gasteiger partial charge in [0.05, 0.1) is 5.56 Å². The predicted molar refractivity (Wildman–Crippen MR) is 74.8 cm³/mol. The topological polar surface area (TPSA) is 75.6 Å². The molecule has 0 unspecified atom stereocenters. The van der Waals surface area contributed by atoms with E-state index < -0.39 is 5.97 Å². The van der Waals surface area contributed by atoms with Crippen LogP contribution in [0.25, 0.3) is 0 Å². The lowest BCUT2D eigenvalue weighted by atomic mass is 9.95. The average Bonchev–Trinajstić information content (AvgIpc) is 2.46. The van der Waals surface area contributed by atoms with Crippen molar-refractivity contribution >= 4 is 17.6 Å². The molecule has 0 saturated carbocycles. The quantitative estimate of drug-likeness (QED) is 0.867. The van der Waals surface area contributed by atoms with Crippen molar-refractivity contribution < 1.29 is 19.4 Å². The fraction of sp³-hybridized carbons (Fsp3) is 0.467. The van der Waals surface area contributed by atoms with Gasteiger partial charge in [0.2, 0.25) is 5.91 Å². The molecule has 5 nitrogen and oxygen atoms in total. The standard InChI is InChI=1S/C15H19NO4/c17-14(5-4-11-6-8-20-9-7-11)16-13-3-1-2-12(10-13)15(18)19/h1-3,10-11H,4-9H2,(H,16,17)(H,18,19). The van der Waals surface area contributed by atoms with Gasteiger partial charge in [-0.3, -0.25) is 4.79 Å². The Labute approximate surface area is 117 Å². The predicted octanol–water partition coefficient (Wildman–Crippen LogP) is 2.53. The van der Waals surface area contributed by atoms with E-state index in [1.54, 1.807) is 12.1 Å². The maximum absolute atomic E-state index is 11.8. The SMILES string of the molecule is O=C(CCC1CCOCC1)Nc1cccc(C(=O)O)c1. The van der Waals surface area contributed by atoms with Gasteiger partial charge in [0.15, 0.2) is 0 Å². The minimum absolute atomic E-state index is 0.0703. The van der Waals surface area contributed by atoms with Crippen molar-refractivity contribution in [3.8, 4) is 0 Å². The monoisotopic (exact) mass is 277 g/mol. The highest BCUT2D eigenvalue weighted by Gasteiger charge is 2.15.